The Morgan fingerprint density at radius 1 is 1.24 bits per heavy atom. The second-order valence-corrected chi connectivity index (χ2v) is 8.06. The number of carbonyl (C=O) groups excluding carboxylic acids is 1. The predicted octanol–water partition coefficient (Wildman–Crippen LogP) is 4.09. The molecule has 0 spiro atoms. The van der Waals surface area contributed by atoms with E-state index in [0.29, 0.717) is 27.8 Å². The minimum absolute atomic E-state index is 0.244. The fraction of sp³-hybridized carbons (Fsp3) is 0.190. The van der Waals surface area contributed by atoms with Gasteiger partial charge in [-0.25, -0.2) is 9.78 Å². The van der Waals surface area contributed by atoms with Crippen molar-refractivity contribution in [2.24, 2.45) is 0 Å². The van der Waals surface area contributed by atoms with Crippen LogP contribution in [0.3, 0.4) is 0 Å². The first kappa shape index (κ1) is 19.5. The normalized spacial score (nSPS) is 15.6. The lowest BCUT2D eigenvalue weighted by atomic mass is 9.84. The Morgan fingerprint density at radius 2 is 2.03 bits per heavy atom. The zero-order valence-corrected chi connectivity index (χ0v) is 17.5. The SMILES string of the molecule is CCOC(=O)C1=C(c2ccccc2)Nc2nc(SC)[nH]c(=O)c2C1c1cccs1. The topological polar surface area (TPSA) is 84.1 Å². The lowest BCUT2D eigenvalue weighted by Gasteiger charge is -2.29. The molecule has 0 fully saturated rings. The van der Waals surface area contributed by atoms with Gasteiger partial charge in [-0.2, -0.15) is 0 Å². The summed E-state index contributed by atoms with van der Waals surface area (Å²) in [6, 6.07) is 13.4. The molecule has 1 atom stereocenters. The molecule has 1 unspecified atom stereocenters. The first-order chi connectivity index (χ1) is 14.1. The number of ether oxygens (including phenoxy) is 1. The van der Waals surface area contributed by atoms with Crippen molar-refractivity contribution in [3.8, 4) is 0 Å². The first-order valence-corrected chi connectivity index (χ1v) is 11.2. The lowest BCUT2D eigenvalue weighted by molar-refractivity contribution is -0.138. The number of thioether (sulfide) groups is 1. The Morgan fingerprint density at radius 3 is 2.69 bits per heavy atom. The molecule has 4 rings (SSSR count). The van der Waals surface area contributed by atoms with Gasteiger partial charge in [0.1, 0.15) is 5.82 Å². The van der Waals surface area contributed by atoms with Gasteiger partial charge in [-0.3, -0.25) is 4.79 Å². The van der Waals surface area contributed by atoms with Crippen molar-refractivity contribution in [3.63, 3.8) is 0 Å². The van der Waals surface area contributed by atoms with E-state index in [-0.39, 0.29) is 12.2 Å². The zero-order chi connectivity index (χ0) is 20.4. The number of benzene rings is 1. The van der Waals surface area contributed by atoms with Crippen LogP contribution >= 0.6 is 23.1 Å². The highest BCUT2D eigenvalue weighted by molar-refractivity contribution is 7.98. The largest absolute Gasteiger partial charge is 0.463 e. The van der Waals surface area contributed by atoms with Crippen LogP contribution in [0, 0.1) is 0 Å². The highest BCUT2D eigenvalue weighted by atomic mass is 32.2. The second kappa shape index (κ2) is 8.26. The van der Waals surface area contributed by atoms with Gasteiger partial charge in [0.15, 0.2) is 5.16 Å². The maximum atomic E-state index is 13.1. The van der Waals surface area contributed by atoms with Crippen molar-refractivity contribution in [2.45, 2.75) is 18.0 Å². The molecule has 1 aliphatic heterocycles. The van der Waals surface area contributed by atoms with Gasteiger partial charge in [-0.15, -0.1) is 11.3 Å². The van der Waals surface area contributed by atoms with E-state index in [4.69, 9.17) is 4.74 Å². The van der Waals surface area contributed by atoms with Gasteiger partial charge in [-0.05, 0) is 30.2 Å². The zero-order valence-electron chi connectivity index (χ0n) is 15.9. The van der Waals surface area contributed by atoms with E-state index in [2.05, 4.69) is 15.3 Å². The third kappa shape index (κ3) is 3.61. The standard InChI is InChI=1S/C21H19N3O3S2/c1-3-27-20(26)15-14(13-10-7-11-29-13)16-18(23-21(28-2)24-19(16)25)22-17(15)12-8-5-4-6-9-12/h4-11,14H,3H2,1-2H3,(H2,22,23,24,25). The van der Waals surface area contributed by atoms with Crippen molar-refractivity contribution in [2.75, 3.05) is 18.2 Å². The number of rotatable bonds is 5. The summed E-state index contributed by atoms with van der Waals surface area (Å²) in [6.45, 7) is 2.01. The summed E-state index contributed by atoms with van der Waals surface area (Å²) in [5, 5.41) is 5.69. The molecule has 2 N–H and O–H groups in total. The average Bonchev–Trinajstić information content (AvgIpc) is 3.27. The smallest absolute Gasteiger partial charge is 0.337 e. The molecule has 3 heterocycles. The van der Waals surface area contributed by atoms with Crippen LogP contribution in [-0.4, -0.2) is 28.8 Å². The minimum Gasteiger partial charge on any atom is -0.463 e. The number of carbonyl (C=O) groups is 1. The molecule has 0 aliphatic carbocycles. The second-order valence-electron chi connectivity index (χ2n) is 6.29. The number of nitrogens with one attached hydrogen (secondary N) is 2. The van der Waals surface area contributed by atoms with Crippen LogP contribution in [0.5, 0.6) is 0 Å². The Balaban J connectivity index is 2.03. The molecule has 0 bridgehead atoms. The molecule has 2 aromatic heterocycles. The summed E-state index contributed by atoms with van der Waals surface area (Å²) in [7, 11) is 0. The molecule has 6 nitrogen and oxygen atoms in total. The number of fused-ring (bicyclic) bond motifs is 1. The van der Waals surface area contributed by atoms with Gasteiger partial charge in [-0.1, -0.05) is 48.2 Å². The molecular weight excluding hydrogens is 406 g/mol. The fourth-order valence-electron chi connectivity index (χ4n) is 3.40. The van der Waals surface area contributed by atoms with Gasteiger partial charge >= 0.3 is 5.97 Å². The van der Waals surface area contributed by atoms with E-state index in [1.165, 1.54) is 23.1 Å². The average molecular weight is 426 g/mol. The number of thiophene rings is 1. The van der Waals surface area contributed by atoms with Crippen molar-refractivity contribution < 1.29 is 9.53 Å². The number of hydrogen-bond acceptors (Lipinski definition) is 7. The van der Waals surface area contributed by atoms with E-state index >= 15 is 0 Å². The van der Waals surface area contributed by atoms with Gasteiger partial charge in [0.05, 0.1) is 29.4 Å². The Hall–Kier alpha value is -2.84. The summed E-state index contributed by atoms with van der Waals surface area (Å²) >= 11 is 2.85. The molecule has 3 aromatic rings. The molecule has 148 valence electrons. The molecule has 0 amide bonds. The highest BCUT2D eigenvalue weighted by Crippen LogP contribution is 2.44. The van der Waals surface area contributed by atoms with Crippen LogP contribution < -0.4 is 10.9 Å². The lowest BCUT2D eigenvalue weighted by Crippen LogP contribution is -2.31. The van der Waals surface area contributed by atoms with E-state index in [0.717, 1.165) is 10.4 Å². The van der Waals surface area contributed by atoms with Crippen LogP contribution in [0.25, 0.3) is 5.70 Å². The maximum absolute atomic E-state index is 13.1. The summed E-state index contributed by atoms with van der Waals surface area (Å²) in [5.74, 6) is -0.549. The van der Waals surface area contributed by atoms with E-state index in [1.54, 1.807) is 6.92 Å². The van der Waals surface area contributed by atoms with Crippen molar-refractivity contribution in [3.05, 3.63) is 79.8 Å². The Labute approximate surface area is 176 Å². The summed E-state index contributed by atoms with van der Waals surface area (Å²) in [5.41, 5.74) is 2.01. The van der Waals surface area contributed by atoms with Gasteiger partial charge in [0.25, 0.3) is 5.56 Å². The van der Waals surface area contributed by atoms with Crippen LogP contribution in [0.15, 0.2) is 63.4 Å². The van der Waals surface area contributed by atoms with E-state index in [9.17, 15) is 9.59 Å². The molecule has 8 heteroatoms. The summed E-state index contributed by atoms with van der Waals surface area (Å²) in [6.07, 6.45) is 1.85. The van der Waals surface area contributed by atoms with Gasteiger partial charge in [0, 0.05) is 4.88 Å². The van der Waals surface area contributed by atoms with Crippen molar-refractivity contribution in [1.82, 2.24) is 9.97 Å². The number of H-pyrrole nitrogens is 1. The molecule has 29 heavy (non-hydrogen) atoms. The fourth-order valence-corrected chi connectivity index (χ4v) is 4.62. The van der Waals surface area contributed by atoms with Gasteiger partial charge in [0.2, 0.25) is 0 Å². The van der Waals surface area contributed by atoms with Crippen LogP contribution in [0.2, 0.25) is 0 Å². The number of aromatic nitrogens is 2. The quantitative estimate of drug-likeness (QED) is 0.364. The maximum Gasteiger partial charge on any atom is 0.337 e. The number of hydrogen-bond donors (Lipinski definition) is 2. The molecule has 0 radical (unpaired) electrons. The third-order valence-electron chi connectivity index (χ3n) is 4.60. The van der Waals surface area contributed by atoms with Gasteiger partial charge < -0.3 is 15.0 Å². The van der Waals surface area contributed by atoms with Crippen LogP contribution in [0.4, 0.5) is 5.82 Å². The van der Waals surface area contributed by atoms with Crippen molar-refractivity contribution in [1.29, 1.82) is 0 Å². The summed E-state index contributed by atoms with van der Waals surface area (Å²) in [4.78, 5) is 34.4. The third-order valence-corrected chi connectivity index (χ3v) is 6.12. The monoisotopic (exact) mass is 425 g/mol. The number of esters is 1. The van der Waals surface area contributed by atoms with Crippen LogP contribution in [-0.2, 0) is 9.53 Å². The predicted molar refractivity (Wildman–Crippen MR) is 116 cm³/mol. The summed E-state index contributed by atoms with van der Waals surface area (Å²) < 4.78 is 5.39. The van der Waals surface area contributed by atoms with E-state index < -0.39 is 11.9 Å². The number of anilines is 1. The molecular formula is C21H19N3O3S2. The molecule has 0 saturated carbocycles. The molecule has 1 aromatic carbocycles. The Bertz CT molecular complexity index is 1120. The van der Waals surface area contributed by atoms with Crippen LogP contribution in [0.1, 0.15) is 28.8 Å². The molecule has 0 saturated heterocycles. The molecule has 1 aliphatic rings. The number of nitrogens with zero attached hydrogens (tertiary/aromatic N) is 1. The highest BCUT2D eigenvalue weighted by Gasteiger charge is 2.38. The van der Waals surface area contributed by atoms with Crippen molar-refractivity contribution >= 4 is 40.6 Å². The van der Waals surface area contributed by atoms with E-state index in [1.807, 2.05) is 54.1 Å². The first-order valence-electron chi connectivity index (χ1n) is 9.09. The number of aromatic amines is 1. The minimum atomic E-state index is -0.562. The Kier molecular flexibility index (Phi) is 5.55.